The Morgan fingerprint density at radius 3 is 2.54 bits per heavy atom. The molecule has 0 aliphatic carbocycles. The summed E-state index contributed by atoms with van der Waals surface area (Å²) < 4.78 is 55.0. The van der Waals surface area contributed by atoms with Crippen LogP contribution in [-0.4, -0.2) is 38.2 Å². The molecule has 2 aromatic rings. The summed E-state index contributed by atoms with van der Waals surface area (Å²) in [5, 5.41) is 2.49. The van der Waals surface area contributed by atoms with Gasteiger partial charge in [0.05, 0.1) is 5.69 Å². The maximum Gasteiger partial charge on any atom is 0.285 e. The van der Waals surface area contributed by atoms with E-state index in [1.54, 1.807) is 18.2 Å². The van der Waals surface area contributed by atoms with Gasteiger partial charge in [-0.25, -0.2) is 8.78 Å². The molecule has 146 valence electrons. The Morgan fingerprint density at radius 2 is 1.82 bits per heavy atom. The highest BCUT2D eigenvalue weighted by atomic mass is 32.2. The van der Waals surface area contributed by atoms with Gasteiger partial charge in [-0.2, -0.15) is 8.42 Å². The first kappa shape index (κ1) is 18.5. The maximum absolute atomic E-state index is 13.7. The summed E-state index contributed by atoms with van der Waals surface area (Å²) in [6.45, 7) is 0.902. The Kier molecular flexibility index (Phi) is 4.62. The number of halogens is 2. The number of nitrogens with one attached hydrogen (secondary N) is 1. The average Bonchev–Trinajstić information content (AvgIpc) is 2.96. The number of rotatable bonds is 2. The fraction of sp³-hybridized carbons (Fsp3) is 0.263. The lowest BCUT2D eigenvalue weighted by Crippen LogP contribution is -2.41. The van der Waals surface area contributed by atoms with E-state index in [2.05, 4.69) is 9.71 Å². The number of likely N-dealkylation sites (tertiary alicyclic amines) is 1. The first-order chi connectivity index (χ1) is 13.3. The van der Waals surface area contributed by atoms with E-state index in [0.717, 1.165) is 6.07 Å². The number of benzene rings is 2. The van der Waals surface area contributed by atoms with E-state index >= 15 is 0 Å². The Morgan fingerprint density at radius 1 is 1.11 bits per heavy atom. The van der Waals surface area contributed by atoms with E-state index in [0.29, 0.717) is 43.4 Å². The number of hydrogen-bond donors (Lipinski definition) is 1. The van der Waals surface area contributed by atoms with Crippen LogP contribution in [0.25, 0.3) is 0 Å². The smallest absolute Gasteiger partial charge is 0.285 e. The molecule has 2 aliphatic heterocycles. The van der Waals surface area contributed by atoms with Crippen LogP contribution in [0.3, 0.4) is 0 Å². The maximum atomic E-state index is 13.7. The molecule has 4 rings (SSSR count). The molecule has 1 saturated heterocycles. The van der Waals surface area contributed by atoms with Crippen molar-refractivity contribution in [2.45, 2.75) is 17.7 Å². The normalized spacial score (nSPS) is 18.5. The van der Waals surface area contributed by atoms with E-state index in [-0.39, 0.29) is 22.4 Å². The topological polar surface area (TPSA) is 78.8 Å². The summed E-state index contributed by atoms with van der Waals surface area (Å²) in [6, 6.07) is 9.64. The molecule has 28 heavy (non-hydrogen) atoms. The number of piperidine rings is 1. The molecule has 0 unspecified atom stereocenters. The predicted molar refractivity (Wildman–Crippen MR) is 99.4 cm³/mol. The van der Waals surface area contributed by atoms with Crippen molar-refractivity contribution in [1.82, 2.24) is 4.90 Å². The van der Waals surface area contributed by atoms with Crippen molar-refractivity contribution in [2.75, 3.05) is 18.4 Å². The Balaban J connectivity index is 1.43. The van der Waals surface area contributed by atoms with Crippen LogP contribution in [0.1, 0.15) is 18.4 Å². The summed E-state index contributed by atoms with van der Waals surface area (Å²) in [6.07, 6.45) is 0.936. The highest BCUT2D eigenvalue weighted by Gasteiger charge is 2.34. The Labute approximate surface area is 160 Å². The molecule has 9 heteroatoms. The van der Waals surface area contributed by atoms with E-state index in [4.69, 9.17) is 0 Å². The molecule has 1 N–H and O–H groups in total. The highest BCUT2D eigenvalue weighted by molar-refractivity contribution is 7.90. The zero-order chi connectivity index (χ0) is 19.9. The van der Waals surface area contributed by atoms with E-state index in [1.807, 2.05) is 4.90 Å². The van der Waals surface area contributed by atoms with Crippen molar-refractivity contribution in [3.8, 4) is 0 Å². The third kappa shape index (κ3) is 3.37. The zero-order valence-corrected chi connectivity index (χ0v) is 15.5. The summed E-state index contributed by atoms with van der Waals surface area (Å²) >= 11 is 0. The van der Waals surface area contributed by atoms with Crippen molar-refractivity contribution in [3.05, 3.63) is 59.7 Å². The van der Waals surface area contributed by atoms with Crippen LogP contribution in [0.5, 0.6) is 0 Å². The number of anilines is 1. The second kappa shape index (κ2) is 6.97. The van der Waals surface area contributed by atoms with Gasteiger partial charge in [-0.1, -0.05) is 12.1 Å². The molecular formula is C19H17F2N3O3S. The third-order valence-electron chi connectivity index (χ3n) is 4.97. The van der Waals surface area contributed by atoms with Crippen molar-refractivity contribution >= 4 is 27.5 Å². The van der Waals surface area contributed by atoms with Crippen molar-refractivity contribution in [1.29, 1.82) is 0 Å². The van der Waals surface area contributed by atoms with Crippen LogP contribution in [0, 0.1) is 17.6 Å². The lowest BCUT2D eigenvalue weighted by atomic mass is 9.95. The molecular weight excluding hydrogens is 388 g/mol. The van der Waals surface area contributed by atoms with E-state index in [1.165, 1.54) is 12.1 Å². The SMILES string of the molecule is O=C(Nc1ccc(F)cc1F)C1CCN(C2=NS(=O)(=O)c3ccccc32)CC1. The largest absolute Gasteiger partial charge is 0.355 e. The first-order valence-corrected chi connectivity index (χ1v) is 10.2. The second-order valence-corrected chi connectivity index (χ2v) is 8.33. The molecule has 0 aromatic heterocycles. The zero-order valence-electron chi connectivity index (χ0n) is 14.7. The summed E-state index contributed by atoms with van der Waals surface area (Å²) in [5.74, 6) is -1.83. The third-order valence-corrected chi connectivity index (χ3v) is 6.29. The van der Waals surface area contributed by atoms with Gasteiger partial charge in [0.2, 0.25) is 5.91 Å². The van der Waals surface area contributed by atoms with Gasteiger partial charge in [-0.3, -0.25) is 4.79 Å². The van der Waals surface area contributed by atoms with Crippen LogP contribution in [-0.2, 0) is 14.8 Å². The van der Waals surface area contributed by atoms with Crippen LogP contribution >= 0.6 is 0 Å². The quantitative estimate of drug-likeness (QED) is 0.833. The molecule has 0 radical (unpaired) electrons. The number of fused-ring (bicyclic) bond motifs is 1. The van der Waals surface area contributed by atoms with Crippen LogP contribution < -0.4 is 5.32 Å². The van der Waals surface area contributed by atoms with Gasteiger partial charge in [0.15, 0.2) is 5.84 Å². The lowest BCUT2D eigenvalue weighted by Gasteiger charge is -2.32. The number of sulfonamides is 1. The molecule has 2 aliphatic rings. The molecule has 0 spiro atoms. The number of amides is 1. The van der Waals surface area contributed by atoms with Gasteiger partial charge in [0, 0.05) is 30.6 Å². The number of carbonyl (C=O) groups excluding carboxylic acids is 1. The monoisotopic (exact) mass is 405 g/mol. The van der Waals surface area contributed by atoms with Crippen molar-refractivity contribution in [2.24, 2.45) is 10.3 Å². The summed E-state index contributed by atoms with van der Waals surface area (Å²) in [5.41, 5.74) is 0.507. The van der Waals surface area contributed by atoms with Crippen LogP contribution in [0.15, 0.2) is 51.8 Å². The Hall–Kier alpha value is -2.81. The van der Waals surface area contributed by atoms with Gasteiger partial charge in [-0.15, -0.1) is 4.40 Å². The molecule has 2 heterocycles. The fourth-order valence-electron chi connectivity index (χ4n) is 3.50. The standard InChI is InChI=1S/C19H17F2N3O3S/c20-13-5-6-16(15(21)11-13)22-19(25)12-7-9-24(10-8-12)18-14-3-1-2-4-17(14)28(26,27)23-18/h1-6,11-12H,7-10H2,(H,22,25). The van der Waals surface area contributed by atoms with E-state index < -0.39 is 21.7 Å². The highest BCUT2D eigenvalue weighted by Crippen LogP contribution is 2.30. The molecule has 1 fully saturated rings. The van der Waals surface area contributed by atoms with Gasteiger partial charge in [0.1, 0.15) is 16.5 Å². The van der Waals surface area contributed by atoms with Crippen LogP contribution in [0.4, 0.5) is 14.5 Å². The fourth-order valence-corrected chi connectivity index (χ4v) is 4.72. The number of amidine groups is 1. The molecule has 2 aromatic carbocycles. The van der Waals surface area contributed by atoms with Crippen molar-refractivity contribution < 1.29 is 22.0 Å². The second-order valence-electron chi connectivity index (χ2n) is 6.76. The van der Waals surface area contributed by atoms with E-state index in [9.17, 15) is 22.0 Å². The summed E-state index contributed by atoms with van der Waals surface area (Å²) in [7, 11) is -3.69. The molecule has 0 saturated carbocycles. The minimum Gasteiger partial charge on any atom is -0.355 e. The first-order valence-electron chi connectivity index (χ1n) is 8.80. The average molecular weight is 405 g/mol. The molecule has 0 bridgehead atoms. The minimum absolute atomic E-state index is 0.0611. The predicted octanol–water partition coefficient (Wildman–Crippen LogP) is 2.76. The summed E-state index contributed by atoms with van der Waals surface area (Å²) in [4.78, 5) is 14.5. The van der Waals surface area contributed by atoms with Crippen LogP contribution in [0.2, 0.25) is 0 Å². The van der Waals surface area contributed by atoms with Gasteiger partial charge < -0.3 is 10.2 Å². The minimum atomic E-state index is -3.69. The van der Waals surface area contributed by atoms with Gasteiger partial charge in [0.25, 0.3) is 10.0 Å². The number of nitrogens with zero attached hydrogens (tertiary/aromatic N) is 2. The van der Waals surface area contributed by atoms with Crippen molar-refractivity contribution in [3.63, 3.8) is 0 Å². The lowest BCUT2D eigenvalue weighted by molar-refractivity contribution is -0.121. The van der Waals surface area contributed by atoms with Gasteiger partial charge in [-0.05, 0) is 37.1 Å². The molecule has 0 atom stereocenters. The number of carbonyl (C=O) groups is 1. The molecule has 6 nitrogen and oxygen atoms in total. The molecule has 1 amide bonds. The van der Waals surface area contributed by atoms with Gasteiger partial charge >= 0.3 is 0 Å². The Bertz CT molecular complexity index is 1080. The number of hydrogen-bond acceptors (Lipinski definition) is 4.